The first-order valence-electron chi connectivity index (χ1n) is 6.84. The van der Waals surface area contributed by atoms with Gasteiger partial charge in [0.25, 0.3) is 0 Å². The largest absolute Gasteiger partial charge is 0.508 e. The van der Waals surface area contributed by atoms with E-state index >= 15 is 0 Å². The number of nitrogens with zero attached hydrogens (tertiary/aromatic N) is 2. The molecule has 0 aliphatic heterocycles. The Kier molecular flexibility index (Phi) is 4.60. The molecule has 0 spiro atoms. The average molecular weight is 291 g/mol. The van der Waals surface area contributed by atoms with Crippen molar-refractivity contribution < 1.29 is 5.11 Å². The number of aryl methyl sites for hydroxylation is 1. The van der Waals surface area contributed by atoms with Gasteiger partial charge in [-0.05, 0) is 31.4 Å². The summed E-state index contributed by atoms with van der Waals surface area (Å²) >= 11 is 1.58. The van der Waals surface area contributed by atoms with Crippen LogP contribution in [0.1, 0.15) is 42.9 Å². The molecule has 1 unspecified atom stereocenters. The number of benzene rings is 1. The van der Waals surface area contributed by atoms with Crippen LogP contribution in [-0.2, 0) is 6.42 Å². The molecule has 0 fully saturated rings. The number of anilines is 1. The fraction of sp³-hybridized carbons (Fsp3) is 0.467. The topological polar surface area (TPSA) is 58.0 Å². The number of phenols is 1. The second-order valence-electron chi connectivity index (χ2n) is 5.53. The summed E-state index contributed by atoms with van der Waals surface area (Å²) in [6.07, 6.45) is 0.948. The first kappa shape index (κ1) is 14.8. The van der Waals surface area contributed by atoms with Crippen LogP contribution < -0.4 is 5.32 Å². The van der Waals surface area contributed by atoms with Crippen LogP contribution in [0.25, 0.3) is 0 Å². The van der Waals surface area contributed by atoms with Gasteiger partial charge in [0.15, 0.2) is 0 Å². The lowest BCUT2D eigenvalue weighted by atomic mass is 10.1. The van der Waals surface area contributed by atoms with Gasteiger partial charge in [0.1, 0.15) is 10.8 Å². The highest BCUT2D eigenvalue weighted by atomic mass is 32.1. The zero-order chi connectivity index (χ0) is 14.7. The highest BCUT2D eigenvalue weighted by Gasteiger charge is 2.13. The Labute approximate surface area is 123 Å². The second kappa shape index (κ2) is 6.22. The molecule has 2 N–H and O–H groups in total. The number of hydrogen-bond acceptors (Lipinski definition) is 5. The Balaban J connectivity index is 2.07. The van der Waals surface area contributed by atoms with Crippen molar-refractivity contribution in [2.75, 3.05) is 5.32 Å². The minimum atomic E-state index is -0.00421. The molecule has 0 amide bonds. The van der Waals surface area contributed by atoms with E-state index in [2.05, 4.69) is 29.4 Å². The fourth-order valence-electron chi connectivity index (χ4n) is 2.03. The van der Waals surface area contributed by atoms with Gasteiger partial charge in [-0.3, -0.25) is 0 Å². The maximum absolute atomic E-state index is 9.99. The van der Waals surface area contributed by atoms with Gasteiger partial charge < -0.3 is 10.4 Å². The van der Waals surface area contributed by atoms with Gasteiger partial charge in [0, 0.05) is 12.0 Å². The minimum absolute atomic E-state index is 0.00421. The van der Waals surface area contributed by atoms with Crippen molar-refractivity contribution in [3.63, 3.8) is 0 Å². The first-order chi connectivity index (χ1) is 9.45. The van der Waals surface area contributed by atoms with Gasteiger partial charge in [0.05, 0.1) is 6.04 Å². The lowest BCUT2D eigenvalue weighted by molar-refractivity contribution is 0.465. The van der Waals surface area contributed by atoms with E-state index in [-0.39, 0.29) is 6.04 Å². The Hall–Kier alpha value is -1.62. The number of aromatic hydroxyl groups is 1. The Morgan fingerprint density at radius 3 is 2.65 bits per heavy atom. The van der Waals surface area contributed by atoms with Gasteiger partial charge in [-0.2, -0.15) is 0 Å². The van der Waals surface area contributed by atoms with E-state index in [1.165, 1.54) is 0 Å². The standard InChI is InChI=1S/C15H21N3OS/c1-9(2)7-14-17-18-15(20-14)16-11(4)12-6-5-10(3)8-13(12)19/h5-6,8-9,11,19H,7H2,1-4H3,(H,16,18). The van der Waals surface area contributed by atoms with Crippen LogP contribution in [0.15, 0.2) is 18.2 Å². The molecule has 1 atom stereocenters. The first-order valence-corrected chi connectivity index (χ1v) is 7.65. The van der Waals surface area contributed by atoms with Crippen LogP contribution in [0.4, 0.5) is 5.13 Å². The summed E-state index contributed by atoms with van der Waals surface area (Å²) in [5.41, 5.74) is 1.92. The number of phenolic OH excluding ortho intramolecular Hbond substituents is 1. The molecule has 0 saturated carbocycles. The summed E-state index contributed by atoms with van der Waals surface area (Å²) in [5.74, 6) is 0.895. The second-order valence-corrected chi connectivity index (χ2v) is 6.59. The van der Waals surface area contributed by atoms with Crippen LogP contribution >= 0.6 is 11.3 Å². The maximum Gasteiger partial charge on any atom is 0.206 e. The molecule has 20 heavy (non-hydrogen) atoms. The quantitative estimate of drug-likeness (QED) is 0.876. The fourth-order valence-corrected chi connectivity index (χ4v) is 3.07. The molecule has 108 valence electrons. The van der Waals surface area contributed by atoms with Crippen molar-refractivity contribution in [3.05, 3.63) is 34.3 Å². The normalized spacial score (nSPS) is 12.7. The van der Waals surface area contributed by atoms with Crippen molar-refractivity contribution in [3.8, 4) is 5.75 Å². The van der Waals surface area contributed by atoms with Crippen molar-refractivity contribution in [1.29, 1.82) is 0 Å². The van der Waals surface area contributed by atoms with Crippen molar-refractivity contribution in [1.82, 2.24) is 10.2 Å². The van der Waals surface area contributed by atoms with Crippen molar-refractivity contribution in [2.45, 2.75) is 40.2 Å². The van der Waals surface area contributed by atoms with E-state index < -0.39 is 0 Å². The molecule has 1 aromatic carbocycles. The zero-order valence-corrected chi connectivity index (χ0v) is 13.2. The number of rotatable bonds is 5. The molecule has 4 nitrogen and oxygen atoms in total. The Morgan fingerprint density at radius 2 is 2.00 bits per heavy atom. The van der Waals surface area contributed by atoms with Crippen LogP contribution in [0.3, 0.4) is 0 Å². The SMILES string of the molecule is Cc1ccc(C(C)Nc2nnc(CC(C)C)s2)c(O)c1. The third-order valence-electron chi connectivity index (χ3n) is 3.04. The molecule has 0 radical (unpaired) electrons. The molecular weight excluding hydrogens is 270 g/mol. The van der Waals surface area contributed by atoms with Gasteiger partial charge in [-0.15, -0.1) is 10.2 Å². The number of nitrogens with one attached hydrogen (secondary N) is 1. The highest BCUT2D eigenvalue weighted by molar-refractivity contribution is 7.15. The van der Waals surface area contributed by atoms with Crippen LogP contribution in [0.5, 0.6) is 5.75 Å². The lowest BCUT2D eigenvalue weighted by Crippen LogP contribution is -2.06. The lowest BCUT2D eigenvalue weighted by Gasteiger charge is -2.14. The van der Waals surface area contributed by atoms with Crippen molar-refractivity contribution in [2.24, 2.45) is 5.92 Å². The van der Waals surface area contributed by atoms with E-state index in [0.717, 1.165) is 27.7 Å². The zero-order valence-electron chi connectivity index (χ0n) is 12.3. The number of aromatic nitrogens is 2. The molecule has 2 rings (SSSR count). The predicted octanol–water partition coefficient (Wildman–Crippen LogP) is 3.92. The molecule has 0 aliphatic rings. The van der Waals surface area contributed by atoms with Gasteiger partial charge in [-0.1, -0.05) is 37.3 Å². The average Bonchev–Trinajstić information content (AvgIpc) is 2.75. The summed E-state index contributed by atoms with van der Waals surface area (Å²) in [6.45, 7) is 8.31. The number of hydrogen-bond donors (Lipinski definition) is 2. The van der Waals surface area contributed by atoms with Crippen LogP contribution in [0.2, 0.25) is 0 Å². The van der Waals surface area contributed by atoms with E-state index in [4.69, 9.17) is 0 Å². The van der Waals surface area contributed by atoms with E-state index in [9.17, 15) is 5.11 Å². The summed E-state index contributed by atoms with van der Waals surface area (Å²) in [6, 6.07) is 5.71. The molecule has 0 saturated heterocycles. The van der Waals surface area contributed by atoms with E-state index in [0.29, 0.717) is 11.7 Å². The molecule has 2 aromatic rings. The summed E-state index contributed by atoms with van der Waals surface area (Å²) < 4.78 is 0. The molecule has 0 bridgehead atoms. The summed E-state index contributed by atoms with van der Waals surface area (Å²) in [5, 5.41) is 23.5. The molecule has 0 aliphatic carbocycles. The molecule has 1 aromatic heterocycles. The van der Waals surface area contributed by atoms with Gasteiger partial charge in [-0.25, -0.2) is 0 Å². The highest BCUT2D eigenvalue weighted by Crippen LogP contribution is 2.29. The predicted molar refractivity (Wildman–Crippen MR) is 83.3 cm³/mol. The minimum Gasteiger partial charge on any atom is -0.508 e. The third-order valence-corrected chi connectivity index (χ3v) is 3.92. The molecule has 1 heterocycles. The van der Waals surface area contributed by atoms with Crippen LogP contribution in [0, 0.1) is 12.8 Å². The Bertz CT molecular complexity index is 580. The third kappa shape index (κ3) is 3.70. The maximum atomic E-state index is 9.99. The molecular formula is C15H21N3OS. The van der Waals surface area contributed by atoms with Crippen molar-refractivity contribution >= 4 is 16.5 Å². The Morgan fingerprint density at radius 1 is 1.25 bits per heavy atom. The smallest absolute Gasteiger partial charge is 0.206 e. The van der Waals surface area contributed by atoms with E-state index in [1.807, 2.05) is 26.0 Å². The molecule has 5 heteroatoms. The monoisotopic (exact) mass is 291 g/mol. The summed E-state index contributed by atoms with van der Waals surface area (Å²) in [4.78, 5) is 0. The summed E-state index contributed by atoms with van der Waals surface area (Å²) in [7, 11) is 0. The van der Waals surface area contributed by atoms with E-state index in [1.54, 1.807) is 17.4 Å². The van der Waals surface area contributed by atoms with Gasteiger partial charge >= 0.3 is 0 Å². The van der Waals surface area contributed by atoms with Gasteiger partial charge in [0.2, 0.25) is 5.13 Å². The van der Waals surface area contributed by atoms with Crippen LogP contribution in [-0.4, -0.2) is 15.3 Å².